The van der Waals surface area contributed by atoms with Gasteiger partial charge in [0.2, 0.25) is 0 Å². The highest BCUT2D eigenvalue weighted by molar-refractivity contribution is 6.13. The Morgan fingerprint density at radius 3 is 2.00 bits per heavy atom. The van der Waals surface area contributed by atoms with E-state index in [2.05, 4.69) is 60.7 Å². The SMILES string of the molecule is Nc1ccc(N2C(=O)N(CCC(c3ccccc3)c3ccccc3)N=C(C3CCCCC3)c3ccccc32)cc1. The quantitative estimate of drug-likeness (QED) is 0.245. The number of benzene rings is 4. The number of nitrogens with zero attached hydrogens (tertiary/aromatic N) is 3. The molecule has 2 aliphatic rings. The molecule has 2 N–H and O–H groups in total. The second-order valence-corrected chi connectivity index (χ2v) is 10.8. The average Bonchev–Trinajstić information content (AvgIpc) is 3.13. The molecule has 0 radical (unpaired) electrons. The Bertz CT molecular complexity index is 1420. The number of carbonyl (C=O) groups is 1. The second-order valence-electron chi connectivity index (χ2n) is 10.8. The van der Waals surface area contributed by atoms with E-state index in [9.17, 15) is 4.79 Å². The van der Waals surface area contributed by atoms with Gasteiger partial charge in [0.15, 0.2) is 0 Å². The molecular weight excluding hydrogens is 492 g/mol. The number of amides is 2. The molecule has 0 spiro atoms. The van der Waals surface area contributed by atoms with Crippen molar-refractivity contribution in [1.29, 1.82) is 0 Å². The van der Waals surface area contributed by atoms with Gasteiger partial charge >= 0.3 is 6.03 Å². The van der Waals surface area contributed by atoms with Crippen molar-refractivity contribution >= 4 is 28.8 Å². The van der Waals surface area contributed by atoms with Crippen molar-refractivity contribution in [2.75, 3.05) is 17.2 Å². The summed E-state index contributed by atoms with van der Waals surface area (Å²) in [5.74, 6) is 0.495. The summed E-state index contributed by atoms with van der Waals surface area (Å²) in [6.45, 7) is 0.503. The summed E-state index contributed by atoms with van der Waals surface area (Å²) < 4.78 is 0. The van der Waals surface area contributed by atoms with Gasteiger partial charge in [-0.1, -0.05) is 98.1 Å². The molecule has 1 heterocycles. The second kappa shape index (κ2) is 11.8. The van der Waals surface area contributed by atoms with Gasteiger partial charge in [0, 0.05) is 29.6 Å². The van der Waals surface area contributed by atoms with Crippen molar-refractivity contribution in [2.45, 2.75) is 44.4 Å². The summed E-state index contributed by atoms with van der Waals surface area (Å²) in [4.78, 5) is 16.2. The van der Waals surface area contributed by atoms with E-state index in [4.69, 9.17) is 10.8 Å². The van der Waals surface area contributed by atoms with Crippen LogP contribution in [0.3, 0.4) is 0 Å². The van der Waals surface area contributed by atoms with Crippen molar-refractivity contribution in [2.24, 2.45) is 11.0 Å². The Morgan fingerprint density at radius 1 is 0.750 bits per heavy atom. The average molecular weight is 529 g/mol. The smallest absolute Gasteiger partial charge is 0.349 e. The van der Waals surface area contributed by atoms with E-state index in [0.29, 0.717) is 18.2 Å². The Morgan fingerprint density at radius 2 is 1.35 bits per heavy atom. The molecule has 0 saturated heterocycles. The minimum absolute atomic E-state index is 0.136. The maximum Gasteiger partial charge on any atom is 0.349 e. The number of fused-ring (bicyclic) bond motifs is 1. The van der Waals surface area contributed by atoms with Crippen molar-refractivity contribution < 1.29 is 4.79 Å². The van der Waals surface area contributed by atoms with Crippen LogP contribution in [0.2, 0.25) is 0 Å². The number of carbonyl (C=O) groups excluding carboxylic acids is 1. The highest BCUT2D eigenvalue weighted by Crippen LogP contribution is 2.38. The first-order valence-electron chi connectivity index (χ1n) is 14.4. The topological polar surface area (TPSA) is 61.9 Å². The first-order chi connectivity index (χ1) is 19.7. The number of hydrogen-bond donors (Lipinski definition) is 1. The largest absolute Gasteiger partial charge is 0.399 e. The number of anilines is 3. The monoisotopic (exact) mass is 528 g/mol. The van der Waals surface area contributed by atoms with E-state index in [0.717, 1.165) is 41.9 Å². The minimum Gasteiger partial charge on any atom is -0.399 e. The molecule has 0 bridgehead atoms. The van der Waals surface area contributed by atoms with Gasteiger partial charge in [-0.15, -0.1) is 0 Å². The van der Waals surface area contributed by atoms with Crippen LogP contribution in [0.5, 0.6) is 0 Å². The zero-order chi connectivity index (χ0) is 27.3. The van der Waals surface area contributed by atoms with Crippen LogP contribution >= 0.6 is 0 Å². The van der Waals surface area contributed by atoms with Crippen LogP contribution in [-0.2, 0) is 0 Å². The van der Waals surface area contributed by atoms with Crippen LogP contribution in [0, 0.1) is 5.92 Å². The normalized spacial score (nSPS) is 16.0. The van der Waals surface area contributed by atoms with Gasteiger partial charge in [-0.3, -0.25) is 4.90 Å². The van der Waals surface area contributed by atoms with Gasteiger partial charge in [0.1, 0.15) is 0 Å². The molecule has 1 saturated carbocycles. The molecule has 5 heteroatoms. The zero-order valence-electron chi connectivity index (χ0n) is 22.8. The number of hydrazone groups is 1. The van der Waals surface area contributed by atoms with Gasteiger partial charge in [-0.05, 0) is 60.7 Å². The summed E-state index contributed by atoms with van der Waals surface area (Å²) in [6.07, 6.45) is 6.63. The Hall–Kier alpha value is -4.38. The number of rotatable bonds is 7. The van der Waals surface area contributed by atoms with E-state index in [1.807, 2.05) is 53.4 Å². The molecule has 1 fully saturated rings. The fraction of sp³-hybridized carbons (Fsp3) is 0.257. The molecule has 4 aromatic rings. The zero-order valence-corrected chi connectivity index (χ0v) is 22.8. The van der Waals surface area contributed by atoms with Gasteiger partial charge in [-0.2, -0.15) is 5.10 Å². The summed E-state index contributed by atoms with van der Waals surface area (Å²) in [5, 5.41) is 6.93. The molecule has 0 atom stereocenters. The molecule has 1 aliphatic carbocycles. The molecule has 6 rings (SSSR count). The van der Waals surface area contributed by atoms with E-state index in [1.54, 1.807) is 5.01 Å². The van der Waals surface area contributed by atoms with E-state index < -0.39 is 0 Å². The van der Waals surface area contributed by atoms with E-state index >= 15 is 0 Å². The first kappa shape index (κ1) is 25.9. The van der Waals surface area contributed by atoms with Crippen LogP contribution < -0.4 is 10.6 Å². The molecule has 40 heavy (non-hydrogen) atoms. The van der Waals surface area contributed by atoms with E-state index in [-0.39, 0.29) is 11.9 Å². The summed E-state index contributed by atoms with van der Waals surface area (Å²) in [6, 6.07) is 36.8. The van der Waals surface area contributed by atoms with Gasteiger partial charge < -0.3 is 5.73 Å². The molecule has 0 unspecified atom stereocenters. The van der Waals surface area contributed by atoms with Crippen molar-refractivity contribution in [3.63, 3.8) is 0 Å². The Kier molecular flexibility index (Phi) is 7.62. The third-order valence-corrected chi connectivity index (χ3v) is 8.24. The third kappa shape index (κ3) is 5.37. The van der Waals surface area contributed by atoms with E-state index in [1.165, 1.54) is 30.4 Å². The molecule has 0 aromatic heterocycles. The maximum absolute atomic E-state index is 14.4. The lowest BCUT2D eigenvalue weighted by Gasteiger charge is -2.28. The standard InChI is InChI=1S/C35H36N4O/c36-29-20-22-30(23-21-29)39-33-19-11-10-18-32(33)34(28-16-8-3-9-17-28)37-38(35(39)40)25-24-31(26-12-4-1-5-13-26)27-14-6-2-7-15-27/h1-2,4-7,10-15,18-23,28,31H,3,8-9,16-17,24-25,36H2. The highest BCUT2D eigenvalue weighted by Gasteiger charge is 2.34. The van der Waals surface area contributed by atoms with Crippen molar-refractivity contribution in [3.8, 4) is 0 Å². The summed E-state index contributed by atoms with van der Waals surface area (Å²) in [5.41, 5.74) is 12.9. The van der Waals surface area contributed by atoms with Gasteiger partial charge in [0.25, 0.3) is 0 Å². The number of nitrogen functional groups attached to an aromatic ring is 1. The number of hydrogen-bond acceptors (Lipinski definition) is 3. The molecule has 4 aromatic carbocycles. The predicted molar refractivity (Wildman–Crippen MR) is 164 cm³/mol. The molecule has 202 valence electrons. The highest BCUT2D eigenvalue weighted by atomic mass is 16.2. The van der Waals surface area contributed by atoms with Crippen LogP contribution in [-0.4, -0.2) is 23.3 Å². The lowest BCUT2D eigenvalue weighted by molar-refractivity contribution is 0.208. The molecular formula is C35H36N4O. The van der Waals surface area contributed by atoms with Crippen molar-refractivity contribution in [1.82, 2.24) is 5.01 Å². The number of nitrogens with two attached hydrogens (primary N) is 1. The van der Waals surface area contributed by atoms with Crippen LogP contribution in [0.25, 0.3) is 0 Å². The Balaban J connectivity index is 1.41. The fourth-order valence-corrected chi connectivity index (χ4v) is 6.17. The van der Waals surface area contributed by atoms with Crippen LogP contribution in [0.4, 0.5) is 21.9 Å². The van der Waals surface area contributed by atoms with Crippen molar-refractivity contribution in [3.05, 3.63) is 126 Å². The predicted octanol–water partition coefficient (Wildman–Crippen LogP) is 8.35. The lowest BCUT2D eigenvalue weighted by Crippen LogP contribution is -2.38. The third-order valence-electron chi connectivity index (χ3n) is 8.24. The lowest BCUT2D eigenvalue weighted by atomic mass is 9.83. The van der Waals surface area contributed by atoms with Gasteiger partial charge in [-0.25, -0.2) is 9.80 Å². The summed E-state index contributed by atoms with van der Waals surface area (Å²) >= 11 is 0. The van der Waals surface area contributed by atoms with Crippen LogP contribution in [0.1, 0.15) is 61.1 Å². The minimum atomic E-state index is -0.136. The molecule has 5 nitrogen and oxygen atoms in total. The first-order valence-corrected chi connectivity index (χ1v) is 14.4. The molecule has 1 aliphatic heterocycles. The number of urea groups is 1. The Labute approximate surface area is 236 Å². The number of para-hydroxylation sites is 1. The maximum atomic E-state index is 14.4. The molecule has 2 amide bonds. The summed E-state index contributed by atoms with van der Waals surface area (Å²) in [7, 11) is 0. The van der Waals surface area contributed by atoms with Gasteiger partial charge in [0.05, 0.1) is 17.1 Å². The fourth-order valence-electron chi connectivity index (χ4n) is 6.17. The van der Waals surface area contributed by atoms with Crippen LogP contribution in [0.15, 0.2) is 114 Å².